The Balaban J connectivity index is 1.66. The molecule has 0 aliphatic rings. The van der Waals surface area contributed by atoms with Gasteiger partial charge in [0.2, 0.25) is 0 Å². The number of fused-ring (bicyclic) bond motifs is 1. The van der Waals surface area contributed by atoms with Crippen LogP contribution in [0.1, 0.15) is 61.0 Å². The van der Waals surface area contributed by atoms with E-state index < -0.39 is 38.0 Å². The molecule has 4 aromatic rings. The number of anilines is 1. The zero-order chi connectivity index (χ0) is 33.4. The van der Waals surface area contributed by atoms with Crippen molar-refractivity contribution in [3.63, 3.8) is 0 Å². The van der Waals surface area contributed by atoms with Gasteiger partial charge in [0, 0.05) is 33.1 Å². The van der Waals surface area contributed by atoms with Gasteiger partial charge in [0.1, 0.15) is 18.1 Å². The molecule has 0 aliphatic heterocycles. The number of hydrogen-bond donors (Lipinski definition) is 1. The van der Waals surface area contributed by atoms with Gasteiger partial charge in [-0.25, -0.2) is 8.42 Å². The molecule has 1 amide bonds. The highest BCUT2D eigenvalue weighted by Crippen LogP contribution is 2.40. The van der Waals surface area contributed by atoms with E-state index in [4.69, 9.17) is 16.3 Å². The molecule has 12 heteroatoms. The van der Waals surface area contributed by atoms with Crippen LogP contribution >= 0.6 is 22.9 Å². The zero-order valence-corrected chi connectivity index (χ0v) is 27.7. The summed E-state index contributed by atoms with van der Waals surface area (Å²) in [6.45, 7) is 8.47. The Bertz CT molecular complexity index is 1940. The van der Waals surface area contributed by atoms with E-state index in [9.17, 15) is 26.4 Å². The first-order chi connectivity index (χ1) is 20.8. The molecule has 0 spiro atoms. The first-order valence-electron chi connectivity index (χ1n) is 13.6. The van der Waals surface area contributed by atoms with Crippen molar-refractivity contribution in [3.05, 3.63) is 87.3 Å². The minimum atomic E-state index is -4.91. The maximum absolute atomic E-state index is 13.3. The van der Waals surface area contributed by atoms with E-state index in [0.717, 1.165) is 16.2 Å². The number of ether oxygens (including phenoxy) is 2. The van der Waals surface area contributed by atoms with Crippen LogP contribution in [0.5, 0.6) is 11.5 Å². The average molecular weight is 678 g/mol. The third kappa shape index (κ3) is 7.93. The number of amides is 1. The molecule has 0 fully saturated rings. The van der Waals surface area contributed by atoms with Crippen LogP contribution in [0.2, 0.25) is 5.02 Å². The summed E-state index contributed by atoms with van der Waals surface area (Å²) in [6, 6.07) is 16.0. The number of carbonyl (C=O) groups excluding carboxylic acids is 1. The number of rotatable bonds is 9. The second kappa shape index (κ2) is 12.6. The van der Waals surface area contributed by atoms with Crippen molar-refractivity contribution in [1.29, 1.82) is 0 Å². The summed E-state index contributed by atoms with van der Waals surface area (Å²) >= 11 is 7.71. The number of thiophene rings is 1. The van der Waals surface area contributed by atoms with Crippen LogP contribution in [-0.2, 0) is 20.0 Å². The van der Waals surface area contributed by atoms with Gasteiger partial charge in [-0.3, -0.25) is 4.79 Å². The van der Waals surface area contributed by atoms with Crippen molar-refractivity contribution in [2.75, 3.05) is 18.2 Å². The summed E-state index contributed by atoms with van der Waals surface area (Å²) in [5, 5.41) is 3.89. The zero-order valence-electron chi connectivity index (χ0n) is 25.4. The van der Waals surface area contributed by atoms with E-state index in [1.165, 1.54) is 23.7 Å². The van der Waals surface area contributed by atoms with E-state index in [1.807, 2.05) is 0 Å². The number of carbonyl (C=O) groups is 1. The normalized spacial score (nSPS) is 12.4. The number of sulfone groups is 1. The molecule has 6 nitrogen and oxygen atoms in total. The molecule has 0 bridgehead atoms. The summed E-state index contributed by atoms with van der Waals surface area (Å²) < 4.78 is 73.5. The molecule has 0 unspecified atom stereocenters. The molecule has 3 aromatic carbocycles. The largest absolute Gasteiger partial charge is 0.573 e. The Hall–Kier alpha value is -3.72. The average Bonchev–Trinajstić information content (AvgIpc) is 3.35. The van der Waals surface area contributed by atoms with E-state index in [-0.39, 0.29) is 12.4 Å². The second-order valence-electron chi connectivity index (χ2n) is 11.4. The lowest BCUT2D eigenvalue weighted by Crippen LogP contribution is -2.27. The van der Waals surface area contributed by atoms with Gasteiger partial charge in [-0.05, 0) is 91.4 Å². The summed E-state index contributed by atoms with van der Waals surface area (Å²) in [6.07, 6.45) is -3.72. The predicted molar refractivity (Wildman–Crippen MR) is 173 cm³/mol. The number of nitrogens with one attached hydrogen (secondary N) is 1. The van der Waals surface area contributed by atoms with Gasteiger partial charge in [-0.15, -0.1) is 30.4 Å². The van der Waals surface area contributed by atoms with Crippen LogP contribution in [-0.4, -0.2) is 33.5 Å². The van der Waals surface area contributed by atoms with E-state index in [0.29, 0.717) is 32.3 Å². The number of alkyl halides is 3. The standard InChI is InChI=1S/C33H31ClF3NO5S2/c1-7-8-11-42-26-16-23(17-27(19-26)43-33(35,36)37)31(2,3)22-14-24(34)18-25(15-22)38-30(39)29-13-20-12-21(9-10-28(20)44-29)32(4,5)45(6,40)41/h9-10,12-19H,11H2,1-6H3,(H,38,39). The molecular weight excluding hydrogens is 647 g/mol. The predicted octanol–water partition coefficient (Wildman–Crippen LogP) is 8.71. The van der Waals surface area contributed by atoms with Gasteiger partial charge >= 0.3 is 6.36 Å². The summed E-state index contributed by atoms with van der Waals surface area (Å²) in [7, 11) is -3.39. The van der Waals surface area contributed by atoms with Gasteiger partial charge in [-0.2, -0.15) is 0 Å². The van der Waals surface area contributed by atoms with Crippen LogP contribution < -0.4 is 14.8 Å². The van der Waals surface area contributed by atoms with Crippen LogP contribution in [0.3, 0.4) is 0 Å². The quantitative estimate of drug-likeness (QED) is 0.179. The Labute approximate surface area is 269 Å². The van der Waals surface area contributed by atoms with Crippen molar-refractivity contribution < 1.29 is 35.9 Å². The fraction of sp³-hybridized carbons (Fsp3) is 0.303. The van der Waals surface area contributed by atoms with E-state index >= 15 is 0 Å². The first kappa shape index (κ1) is 34.2. The Morgan fingerprint density at radius 2 is 1.60 bits per heavy atom. The summed E-state index contributed by atoms with van der Waals surface area (Å²) in [5.74, 6) is 4.67. The van der Waals surface area contributed by atoms with Crippen molar-refractivity contribution in [2.45, 2.75) is 51.1 Å². The third-order valence-corrected chi connectivity index (χ3v) is 11.0. The number of halogens is 4. The molecule has 1 heterocycles. The first-order valence-corrected chi connectivity index (χ1v) is 16.7. The van der Waals surface area contributed by atoms with Gasteiger partial charge in [0.05, 0.1) is 9.62 Å². The maximum atomic E-state index is 13.3. The highest BCUT2D eigenvalue weighted by Gasteiger charge is 2.34. The third-order valence-electron chi connectivity index (χ3n) is 7.56. The van der Waals surface area contributed by atoms with Crippen LogP contribution in [0.4, 0.5) is 18.9 Å². The van der Waals surface area contributed by atoms with Crippen LogP contribution in [0, 0.1) is 11.8 Å². The molecule has 0 aliphatic carbocycles. The van der Waals surface area contributed by atoms with E-state index in [2.05, 4.69) is 21.9 Å². The lowest BCUT2D eigenvalue weighted by Gasteiger charge is -2.28. The van der Waals surface area contributed by atoms with Crippen molar-refractivity contribution in [1.82, 2.24) is 0 Å². The van der Waals surface area contributed by atoms with Gasteiger partial charge in [0.15, 0.2) is 9.84 Å². The SMILES string of the molecule is CC#CCOc1cc(OC(F)(F)F)cc(C(C)(C)c2cc(Cl)cc(NC(=O)c3cc4cc(C(C)(C)S(C)(=O)=O)ccc4s3)c2)c1. The Morgan fingerprint density at radius 3 is 2.24 bits per heavy atom. The highest BCUT2D eigenvalue weighted by atomic mass is 35.5. The monoisotopic (exact) mass is 677 g/mol. The summed E-state index contributed by atoms with van der Waals surface area (Å²) in [4.78, 5) is 13.7. The van der Waals surface area contributed by atoms with Crippen LogP contribution in [0.25, 0.3) is 10.1 Å². The molecule has 1 aromatic heterocycles. The maximum Gasteiger partial charge on any atom is 0.573 e. The molecule has 0 radical (unpaired) electrons. The molecule has 45 heavy (non-hydrogen) atoms. The molecular formula is C33H31ClF3NO5S2. The highest BCUT2D eigenvalue weighted by molar-refractivity contribution is 7.91. The molecule has 1 N–H and O–H groups in total. The van der Waals surface area contributed by atoms with Gasteiger partial charge in [0.25, 0.3) is 5.91 Å². The summed E-state index contributed by atoms with van der Waals surface area (Å²) in [5.41, 5.74) is 1.13. The lowest BCUT2D eigenvalue weighted by atomic mass is 9.78. The van der Waals surface area contributed by atoms with E-state index in [1.54, 1.807) is 83.1 Å². The van der Waals surface area contributed by atoms with Crippen molar-refractivity contribution in [3.8, 4) is 23.3 Å². The number of benzene rings is 3. The van der Waals surface area contributed by atoms with Gasteiger partial charge < -0.3 is 14.8 Å². The fourth-order valence-electron chi connectivity index (χ4n) is 4.53. The lowest BCUT2D eigenvalue weighted by molar-refractivity contribution is -0.274. The second-order valence-corrected chi connectivity index (χ2v) is 15.5. The fourth-order valence-corrected chi connectivity index (χ4v) is 6.25. The Kier molecular flexibility index (Phi) is 9.55. The molecule has 0 atom stereocenters. The minimum Gasteiger partial charge on any atom is -0.481 e. The Morgan fingerprint density at radius 1 is 0.933 bits per heavy atom. The minimum absolute atomic E-state index is 0.0201. The van der Waals surface area contributed by atoms with Crippen LogP contribution in [0.15, 0.2) is 60.7 Å². The molecule has 238 valence electrons. The topological polar surface area (TPSA) is 81.7 Å². The molecule has 4 rings (SSSR count). The smallest absolute Gasteiger partial charge is 0.481 e. The molecule has 0 saturated heterocycles. The molecule has 0 saturated carbocycles. The van der Waals surface area contributed by atoms with Crippen molar-refractivity contribution >= 4 is 54.5 Å². The number of hydrogen-bond acceptors (Lipinski definition) is 6. The van der Waals surface area contributed by atoms with Gasteiger partial charge in [-0.1, -0.05) is 37.4 Å². The van der Waals surface area contributed by atoms with Crippen molar-refractivity contribution in [2.24, 2.45) is 0 Å².